The number of para-hydroxylation sites is 2. The Morgan fingerprint density at radius 1 is 1.28 bits per heavy atom. The Labute approximate surface area is 171 Å². The summed E-state index contributed by atoms with van der Waals surface area (Å²) >= 11 is 5.65. The van der Waals surface area contributed by atoms with Crippen LogP contribution in [-0.4, -0.2) is 37.0 Å². The second kappa shape index (κ2) is 8.91. The first kappa shape index (κ1) is 20.6. The first-order valence-electron chi connectivity index (χ1n) is 8.82. The molecule has 0 saturated heterocycles. The molecular formula is C20H18ClFN2O5. The number of fused-ring (bicyclic) bond motifs is 1. The number of anilines is 2. The summed E-state index contributed by atoms with van der Waals surface area (Å²) < 4.78 is 23.6. The molecule has 0 aliphatic carbocycles. The average Bonchev–Trinajstić information content (AvgIpc) is 2.69. The van der Waals surface area contributed by atoms with Crippen molar-refractivity contribution < 1.29 is 28.2 Å². The molecular weight excluding hydrogens is 403 g/mol. The van der Waals surface area contributed by atoms with Gasteiger partial charge < -0.3 is 19.7 Å². The molecule has 152 valence electrons. The third kappa shape index (κ3) is 5.03. The lowest BCUT2D eigenvalue weighted by Crippen LogP contribution is -2.45. The quantitative estimate of drug-likeness (QED) is 0.725. The first-order valence-corrected chi connectivity index (χ1v) is 9.20. The normalized spacial score (nSPS) is 15.3. The van der Waals surface area contributed by atoms with Gasteiger partial charge in [0.2, 0.25) is 0 Å². The van der Waals surface area contributed by atoms with Crippen molar-refractivity contribution in [1.82, 2.24) is 0 Å². The number of rotatable bonds is 6. The van der Waals surface area contributed by atoms with Crippen LogP contribution in [0.3, 0.4) is 0 Å². The van der Waals surface area contributed by atoms with Gasteiger partial charge in [-0.15, -0.1) is 0 Å². The van der Waals surface area contributed by atoms with Crippen LogP contribution in [0.25, 0.3) is 0 Å². The van der Waals surface area contributed by atoms with E-state index in [0.29, 0.717) is 11.4 Å². The van der Waals surface area contributed by atoms with Crippen LogP contribution < -0.4 is 15.0 Å². The summed E-state index contributed by atoms with van der Waals surface area (Å²) in [5.41, 5.74) is 0.858. The van der Waals surface area contributed by atoms with Crippen LogP contribution in [-0.2, 0) is 19.1 Å². The second-order valence-corrected chi connectivity index (χ2v) is 6.71. The molecule has 1 N–H and O–H groups in total. The molecule has 2 aromatic rings. The van der Waals surface area contributed by atoms with Gasteiger partial charge in [-0.25, -0.2) is 4.39 Å². The molecule has 1 heterocycles. The largest absolute Gasteiger partial charge is 0.479 e. The van der Waals surface area contributed by atoms with Crippen molar-refractivity contribution in [1.29, 1.82) is 0 Å². The average molecular weight is 421 g/mol. The highest BCUT2D eigenvalue weighted by Crippen LogP contribution is 2.33. The molecule has 1 aliphatic heterocycles. The fourth-order valence-electron chi connectivity index (χ4n) is 2.78. The molecule has 1 unspecified atom stereocenters. The smallest absolute Gasteiger partial charge is 0.308 e. The number of ether oxygens (including phenoxy) is 2. The zero-order valence-electron chi connectivity index (χ0n) is 15.5. The van der Waals surface area contributed by atoms with Crippen molar-refractivity contribution in [2.75, 3.05) is 23.4 Å². The first-order chi connectivity index (χ1) is 13.8. The van der Waals surface area contributed by atoms with Crippen LogP contribution in [0.5, 0.6) is 5.75 Å². The highest BCUT2D eigenvalue weighted by Gasteiger charge is 2.31. The van der Waals surface area contributed by atoms with E-state index in [0.717, 1.165) is 6.07 Å². The van der Waals surface area contributed by atoms with Gasteiger partial charge in [0.15, 0.2) is 12.7 Å². The minimum atomic E-state index is -0.658. The van der Waals surface area contributed by atoms with E-state index in [1.165, 1.54) is 17.0 Å². The minimum absolute atomic E-state index is 0.0948. The van der Waals surface area contributed by atoms with Crippen LogP contribution >= 0.6 is 11.6 Å². The van der Waals surface area contributed by atoms with E-state index in [4.69, 9.17) is 21.1 Å². The number of hydrogen-bond acceptors (Lipinski definition) is 5. The minimum Gasteiger partial charge on any atom is -0.479 e. The van der Waals surface area contributed by atoms with Crippen LogP contribution in [0, 0.1) is 5.82 Å². The van der Waals surface area contributed by atoms with Crippen LogP contribution in [0.2, 0.25) is 5.02 Å². The van der Waals surface area contributed by atoms with Crippen molar-refractivity contribution in [3.05, 3.63) is 53.3 Å². The van der Waals surface area contributed by atoms with E-state index in [1.54, 1.807) is 31.2 Å². The maximum atomic E-state index is 13.1. The summed E-state index contributed by atoms with van der Waals surface area (Å²) in [6.45, 7) is 1.21. The van der Waals surface area contributed by atoms with Gasteiger partial charge in [-0.2, -0.15) is 0 Å². The van der Waals surface area contributed by atoms with Crippen molar-refractivity contribution >= 4 is 40.8 Å². The molecule has 2 aromatic carbocycles. The Morgan fingerprint density at radius 2 is 2.03 bits per heavy atom. The van der Waals surface area contributed by atoms with Gasteiger partial charge >= 0.3 is 5.97 Å². The fraction of sp³-hybridized carbons (Fsp3) is 0.250. The Balaban J connectivity index is 1.50. The lowest BCUT2D eigenvalue weighted by molar-refractivity contribution is -0.147. The standard InChI is InChI=1S/C20H18ClFN2O5/c1-12-20(27)24(16-4-2-3-5-17(16)29-12)9-8-19(26)28-11-18(25)23-13-6-7-15(22)14(21)10-13/h2-7,10,12H,8-9,11H2,1H3,(H,23,25). The lowest BCUT2D eigenvalue weighted by Gasteiger charge is -2.32. The summed E-state index contributed by atoms with van der Waals surface area (Å²) in [7, 11) is 0. The number of carbonyl (C=O) groups excluding carboxylic acids is 3. The highest BCUT2D eigenvalue weighted by atomic mass is 35.5. The number of benzene rings is 2. The van der Waals surface area contributed by atoms with Crippen molar-refractivity contribution in [2.24, 2.45) is 0 Å². The number of amides is 2. The second-order valence-electron chi connectivity index (χ2n) is 6.31. The Bertz CT molecular complexity index is 952. The molecule has 3 rings (SSSR count). The molecule has 9 heteroatoms. The molecule has 1 atom stereocenters. The third-order valence-electron chi connectivity index (χ3n) is 4.18. The zero-order valence-corrected chi connectivity index (χ0v) is 16.2. The molecule has 2 amide bonds. The third-order valence-corrected chi connectivity index (χ3v) is 4.47. The van der Waals surface area contributed by atoms with Gasteiger partial charge in [-0.05, 0) is 37.3 Å². The zero-order chi connectivity index (χ0) is 21.0. The maximum Gasteiger partial charge on any atom is 0.308 e. The number of nitrogens with zero attached hydrogens (tertiary/aromatic N) is 1. The van der Waals surface area contributed by atoms with Crippen molar-refractivity contribution in [3.63, 3.8) is 0 Å². The highest BCUT2D eigenvalue weighted by molar-refractivity contribution is 6.31. The van der Waals surface area contributed by atoms with Gasteiger partial charge in [0.05, 0.1) is 17.1 Å². The van der Waals surface area contributed by atoms with Crippen LogP contribution in [0.4, 0.5) is 15.8 Å². The molecule has 1 aliphatic rings. The van der Waals surface area contributed by atoms with Gasteiger partial charge in [-0.1, -0.05) is 23.7 Å². The number of hydrogen-bond donors (Lipinski definition) is 1. The predicted molar refractivity (Wildman–Crippen MR) is 105 cm³/mol. The number of carbonyl (C=O) groups is 3. The van der Waals surface area contributed by atoms with Crippen molar-refractivity contribution in [3.8, 4) is 5.75 Å². The Hall–Kier alpha value is -3.13. The van der Waals surface area contributed by atoms with E-state index in [1.807, 2.05) is 0 Å². The molecule has 0 spiro atoms. The van der Waals surface area contributed by atoms with Crippen LogP contribution in [0.1, 0.15) is 13.3 Å². The fourth-order valence-corrected chi connectivity index (χ4v) is 2.96. The molecule has 0 bridgehead atoms. The number of halogens is 2. The maximum absolute atomic E-state index is 13.1. The summed E-state index contributed by atoms with van der Waals surface area (Å²) in [5, 5.41) is 2.31. The Kier molecular flexibility index (Phi) is 6.33. The van der Waals surface area contributed by atoms with E-state index >= 15 is 0 Å². The van der Waals surface area contributed by atoms with Crippen LogP contribution in [0.15, 0.2) is 42.5 Å². The lowest BCUT2D eigenvalue weighted by atomic mass is 10.2. The van der Waals surface area contributed by atoms with E-state index in [-0.39, 0.29) is 29.6 Å². The molecule has 0 fully saturated rings. The SMILES string of the molecule is CC1Oc2ccccc2N(CCC(=O)OCC(=O)Nc2ccc(F)c(Cl)c2)C1=O. The molecule has 0 aromatic heterocycles. The predicted octanol–water partition coefficient (Wildman–Crippen LogP) is 3.17. The molecule has 0 radical (unpaired) electrons. The molecule has 7 nitrogen and oxygen atoms in total. The monoisotopic (exact) mass is 420 g/mol. The van der Waals surface area contributed by atoms with Gasteiger partial charge in [0.1, 0.15) is 11.6 Å². The molecule has 29 heavy (non-hydrogen) atoms. The topological polar surface area (TPSA) is 84.9 Å². The summed E-state index contributed by atoms with van der Waals surface area (Å²) in [6, 6.07) is 10.7. The summed E-state index contributed by atoms with van der Waals surface area (Å²) in [5.74, 6) is -1.54. The van der Waals surface area contributed by atoms with E-state index < -0.39 is 30.4 Å². The van der Waals surface area contributed by atoms with Gasteiger partial charge in [-0.3, -0.25) is 14.4 Å². The van der Waals surface area contributed by atoms with Crippen molar-refractivity contribution in [2.45, 2.75) is 19.4 Å². The summed E-state index contributed by atoms with van der Waals surface area (Å²) in [4.78, 5) is 37.7. The number of nitrogens with one attached hydrogen (secondary N) is 1. The van der Waals surface area contributed by atoms with E-state index in [9.17, 15) is 18.8 Å². The van der Waals surface area contributed by atoms with E-state index in [2.05, 4.69) is 5.32 Å². The Morgan fingerprint density at radius 3 is 2.79 bits per heavy atom. The number of esters is 1. The van der Waals surface area contributed by atoms with Gasteiger partial charge in [0, 0.05) is 12.2 Å². The molecule has 0 saturated carbocycles. The summed E-state index contributed by atoms with van der Waals surface area (Å²) in [6.07, 6.45) is -0.753. The van der Waals surface area contributed by atoms with Gasteiger partial charge in [0.25, 0.3) is 11.8 Å².